The molecule has 2 rings (SSSR count). The summed E-state index contributed by atoms with van der Waals surface area (Å²) >= 11 is 5.59. The van der Waals surface area contributed by atoms with Crippen molar-refractivity contribution >= 4 is 17.7 Å². The van der Waals surface area contributed by atoms with Gasteiger partial charge in [-0.05, 0) is 17.2 Å². The molecule has 0 saturated carbocycles. The standard InChI is InChI=1S/C15H14ClNO/c16-8-4-7-14-9-15(11-17-10-14)18-12-13-5-2-1-3-6-13/h1-7,9-11H,8,12H2. The van der Waals surface area contributed by atoms with Gasteiger partial charge in [-0.2, -0.15) is 0 Å². The molecule has 0 N–H and O–H groups in total. The van der Waals surface area contributed by atoms with Crippen LogP contribution in [-0.2, 0) is 6.61 Å². The highest BCUT2D eigenvalue weighted by atomic mass is 35.5. The maximum atomic E-state index is 5.68. The smallest absolute Gasteiger partial charge is 0.138 e. The van der Waals surface area contributed by atoms with Gasteiger partial charge < -0.3 is 4.74 Å². The number of nitrogens with zero attached hydrogens (tertiary/aromatic N) is 1. The summed E-state index contributed by atoms with van der Waals surface area (Å²) in [5.41, 5.74) is 2.13. The third-order valence-corrected chi connectivity index (χ3v) is 2.56. The van der Waals surface area contributed by atoms with Crippen molar-refractivity contribution in [3.05, 3.63) is 66.0 Å². The van der Waals surface area contributed by atoms with Crippen LogP contribution in [0.5, 0.6) is 5.75 Å². The number of hydrogen-bond donors (Lipinski definition) is 0. The molecule has 0 aliphatic heterocycles. The van der Waals surface area contributed by atoms with Crippen LogP contribution in [0.4, 0.5) is 0 Å². The van der Waals surface area contributed by atoms with Gasteiger partial charge in [-0.3, -0.25) is 4.98 Å². The molecule has 0 bridgehead atoms. The Bertz CT molecular complexity index is 511. The van der Waals surface area contributed by atoms with E-state index in [1.165, 1.54) is 0 Å². The molecule has 1 aromatic heterocycles. The molecule has 0 fully saturated rings. The summed E-state index contributed by atoms with van der Waals surface area (Å²) in [6.45, 7) is 0.547. The summed E-state index contributed by atoms with van der Waals surface area (Å²) in [5.74, 6) is 1.25. The van der Waals surface area contributed by atoms with Crippen LogP contribution in [0.3, 0.4) is 0 Å². The number of pyridine rings is 1. The normalized spacial score (nSPS) is 10.7. The first-order valence-corrected chi connectivity index (χ1v) is 6.26. The highest BCUT2D eigenvalue weighted by molar-refractivity contribution is 6.19. The fourth-order valence-electron chi connectivity index (χ4n) is 1.53. The Morgan fingerprint density at radius 1 is 1.17 bits per heavy atom. The number of hydrogen-bond acceptors (Lipinski definition) is 2. The molecule has 0 atom stereocenters. The van der Waals surface area contributed by atoms with E-state index in [2.05, 4.69) is 4.98 Å². The highest BCUT2D eigenvalue weighted by Crippen LogP contribution is 2.14. The van der Waals surface area contributed by atoms with Crippen molar-refractivity contribution in [2.45, 2.75) is 6.61 Å². The number of ether oxygens (including phenoxy) is 1. The van der Waals surface area contributed by atoms with E-state index in [0.29, 0.717) is 12.5 Å². The maximum absolute atomic E-state index is 5.68. The van der Waals surface area contributed by atoms with E-state index in [1.807, 2.05) is 48.6 Å². The van der Waals surface area contributed by atoms with Crippen molar-refractivity contribution < 1.29 is 4.74 Å². The van der Waals surface area contributed by atoms with E-state index in [1.54, 1.807) is 12.4 Å². The molecule has 2 aromatic rings. The summed E-state index contributed by atoms with van der Waals surface area (Å²) < 4.78 is 5.68. The third kappa shape index (κ3) is 3.90. The zero-order chi connectivity index (χ0) is 12.6. The van der Waals surface area contributed by atoms with Gasteiger partial charge in [-0.1, -0.05) is 42.5 Å². The Hall–Kier alpha value is -1.80. The van der Waals surface area contributed by atoms with E-state index < -0.39 is 0 Å². The molecule has 0 unspecified atom stereocenters. The number of halogens is 1. The molecule has 3 heteroatoms. The summed E-state index contributed by atoms with van der Waals surface area (Å²) in [6, 6.07) is 12.0. The van der Waals surface area contributed by atoms with Crippen LogP contribution in [0.25, 0.3) is 6.08 Å². The molecule has 0 saturated heterocycles. The molecule has 0 radical (unpaired) electrons. The fourth-order valence-corrected chi connectivity index (χ4v) is 1.62. The molecular weight excluding hydrogens is 246 g/mol. The van der Waals surface area contributed by atoms with Crippen LogP contribution in [0.2, 0.25) is 0 Å². The second kappa shape index (κ2) is 6.82. The average molecular weight is 260 g/mol. The first kappa shape index (κ1) is 12.7. The minimum Gasteiger partial charge on any atom is -0.487 e. The molecule has 1 aromatic carbocycles. The minimum atomic E-state index is 0.495. The lowest BCUT2D eigenvalue weighted by Crippen LogP contribution is -1.95. The molecule has 0 aliphatic carbocycles. The lowest BCUT2D eigenvalue weighted by atomic mass is 10.2. The minimum absolute atomic E-state index is 0.495. The summed E-state index contributed by atoms with van der Waals surface area (Å²) in [7, 11) is 0. The van der Waals surface area contributed by atoms with Crippen molar-refractivity contribution in [3.63, 3.8) is 0 Å². The van der Waals surface area contributed by atoms with Crippen LogP contribution < -0.4 is 4.74 Å². The topological polar surface area (TPSA) is 22.1 Å². The first-order valence-electron chi connectivity index (χ1n) is 5.73. The molecule has 0 aliphatic rings. The van der Waals surface area contributed by atoms with Gasteiger partial charge in [0.2, 0.25) is 0 Å². The van der Waals surface area contributed by atoms with Crippen molar-refractivity contribution in [1.29, 1.82) is 0 Å². The third-order valence-electron chi connectivity index (χ3n) is 2.38. The number of allylic oxidation sites excluding steroid dienone is 1. The van der Waals surface area contributed by atoms with Crippen molar-refractivity contribution in [2.24, 2.45) is 0 Å². The average Bonchev–Trinajstić information content (AvgIpc) is 2.44. The molecule has 18 heavy (non-hydrogen) atoms. The quantitative estimate of drug-likeness (QED) is 0.760. The van der Waals surface area contributed by atoms with Crippen LogP contribution in [-0.4, -0.2) is 10.9 Å². The monoisotopic (exact) mass is 259 g/mol. The van der Waals surface area contributed by atoms with Gasteiger partial charge in [0.05, 0.1) is 6.20 Å². The number of benzene rings is 1. The first-order chi connectivity index (χ1) is 8.88. The van der Waals surface area contributed by atoms with Gasteiger partial charge in [-0.25, -0.2) is 0 Å². The van der Waals surface area contributed by atoms with Crippen molar-refractivity contribution in [1.82, 2.24) is 4.98 Å². The Morgan fingerprint density at radius 3 is 2.78 bits per heavy atom. The Labute approximate surface area is 112 Å². The maximum Gasteiger partial charge on any atom is 0.138 e. The Balaban J connectivity index is 1.99. The van der Waals surface area contributed by atoms with Gasteiger partial charge >= 0.3 is 0 Å². The van der Waals surface area contributed by atoms with Crippen LogP contribution in [0, 0.1) is 0 Å². The van der Waals surface area contributed by atoms with E-state index >= 15 is 0 Å². The molecular formula is C15H14ClNO. The van der Waals surface area contributed by atoms with Crippen molar-refractivity contribution in [2.75, 3.05) is 5.88 Å². The van der Waals surface area contributed by atoms with Gasteiger partial charge in [-0.15, -0.1) is 11.6 Å². The fraction of sp³-hybridized carbons (Fsp3) is 0.133. The van der Waals surface area contributed by atoms with E-state index in [-0.39, 0.29) is 0 Å². The SMILES string of the molecule is ClCC=Cc1cncc(OCc2ccccc2)c1. The van der Waals surface area contributed by atoms with E-state index in [4.69, 9.17) is 16.3 Å². The summed E-state index contributed by atoms with van der Waals surface area (Å²) in [6.07, 6.45) is 7.29. The molecule has 0 spiro atoms. The van der Waals surface area contributed by atoms with Crippen LogP contribution in [0.1, 0.15) is 11.1 Å². The predicted molar refractivity (Wildman–Crippen MR) is 74.8 cm³/mol. The second-order valence-electron chi connectivity index (χ2n) is 3.78. The van der Waals surface area contributed by atoms with Gasteiger partial charge in [0.1, 0.15) is 12.4 Å². The molecule has 2 nitrogen and oxygen atoms in total. The Morgan fingerprint density at radius 2 is 2.00 bits per heavy atom. The van der Waals surface area contributed by atoms with Gasteiger partial charge in [0.25, 0.3) is 0 Å². The largest absolute Gasteiger partial charge is 0.487 e. The molecule has 1 heterocycles. The number of rotatable bonds is 5. The van der Waals surface area contributed by atoms with Crippen LogP contribution >= 0.6 is 11.6 Å². The zero-order valence-corrected chi connectivity index (χ0v) is 10.7. The second-order valence-corrected chi connectivity index (χ2v) is 4.09. The van der Waals surface area contributed by atoms with E-state index in [0.717, 1.165) is 16.9 Å². The summed E-state index contributed by atoms with van der Waals surface area (Å²) in [4.78, 5) is 4.13. The van der Waals surface area contributed by atoms with Gasteiger partial charge in [0.15, 0.2) is 0 Å². The van der Waals surface area contributed by atoms with Crippen molar-refractivity contribution in [3.8, 4) is 5.75 Å². The van der Waals surface area contributed by atoms with E-state index in [9.17, 15) is 0 Å². The lowest BCUT2D eigenvalue weighted by molar-refractivity contribution is 0.305. The summed E-state index contributed by atoms with van der Waals surface area (Å²) in [5, 5.41) is 0. The number of aromatic nitrogens is 1. The highest BCUT2D eigenvalue weighted by Gasteiger charge is 1.97. The number of alkyl halides is 1. The van der Waals surface area contributed by atoms with Gasteiger partial charge in [0, 0.05) is 12.1 Å². The Kier molecular flexibility index (Phi) is 4.79. The lowest BCUT2D eigenvalue weighted by Gasteiger charge is -2.06. The molecule has 92 valence electrons. The van der Waals surface area contributed by atoms with Crippen LogP contribution in [0.15, 0.2) is 54.9 Å². The predicted octanol–water partition coefficient (Wildman–Crippen LogP) is 3.91. The molecule has 0 amide bonds. The zero-order valence-electron chi connectivity index (χ0n) is 9.92.